The van der Waals surface area contributed by atoms with Crippen molar-refractivity contribution in [3.05, 3.63) is 0 Å². The smallest absolute Gasteiger partial charge is 0.0967 e. The Balaban J connectivity index is -0.0000000483. The Morgan fingerprint density at radius 1 is 1.38 bits per heavy atom. The van der Waals surface area contributed by atoms with Crippen LogP contribution in [0.4, 0.5) is 0 Å². The van der Waals surface area contributed by atoms with Crippen LogP contribution in [-0.4, -0.2) is 24.1 Å². The van der Waals surface area contributed by atoms with Gasteiger partial charge in [0.15, 0.2) is 0 Å². The minimum absolute atomic E-state index is 0.194. The van der Waals surface area contributed by atoms with Crippen LogP contribution in [0.3, 0.4) is 0 Å². The first-order valence-electron chi connectivity index (χ1n) is 2.10. The van der Waals surface area contributed by atoms with Crippen molar-refractivity contribution in [2.75, 3.05) is 19.0 Å². The Labute approximate surface area is 60.6 Å². The van der Waals surface area contributed by atoms with E-state index in [0.717, 1.165) is 13.7 Å². The molecule has 0 aromatic rings. The van der Waals surface area contributed by atoms with E-state index in [4.69, 9.17) is 34.0 Å². The van der Waals surface area contributed by atoms with Crippen LogP contribution in [0.1, 0.15) is 6.92 Å². The minimum Gasteiger partial charge on any atom is -0.400 e. The lowest BCUT2D eigenvalue weighted by Crippen LogP contribution is -1.87. The highest BCUT2D eigenvalue weighted by atomic mass is 35.5. The third kappa shape index (κ3) is 787. The topological polar surface area (TPSA) is 46.2 Å². The summed E-state index contributed by atoms with van der Waals surface area (Å²) < 4.78 is 0. The summed E-state index contributed by atoms with van der Waals surface area (Å²) in [6, 6.07) is 0. The van der Waals surface area contributed by atoms with Crippen LogP contribution in [0.15, 0.2) is 0 Å². The van der Waals surface area contributed by atoms with Gasteiger partial charge in [-0.25, -0.2) is 0 Å². The standard InChI is InChI=1S/C2H7N.CH2Cl2.CH4O/c1-2-3;2-1-3;1-2/h2-3H2,1H3;1H2;2H,1H3. The monoisotopic (exact) mass is 161 g/mol. The number of hydrogen-bond donors (Lipinski definition) is 2. The minimum atomic E-state index is 0.194. The van der Waals surface area contributed by atoms with Gasteiger partial charge in [0.05, 0.1) is 5.34 Å². The van der Waals surface area contributed by atoms with E-state index in [9.17, 15) is 0 Å². The maximum Gasteiger partial charge on any atom is 0.0967 e. The van der Waals surface area contributed by atoms with E-state index in [1.807, 2.05) is 6.92 Å². The fourth-order valence-corrected chi connectivity index (χ4v) is 0. The van der Waals surface area contributed by atoms with Crippen molar-refractivity contribution in [3.63, 3.8) is 0 Å². The predicted molar refractivity (Wildman–Crippen MR) is 39.4 cm³/mol. The van der Waals surface area contributed by atoms with Crippen LogP contribution in [0.2, 0.25) is 0 Å². The lowest BCUT2D eigenvalue weighted by atomic mass is 10.8. The molecule has 0 aliphatic rings. The molecule has 0 bridgehead atoms. The van der Waals surface area contributed by atoms with Crippen molar-refractivity contribution in [2.24, 2.45) is 5.73 Å². The molecule has 0 fully saturated rings. The van der Waals surface area contributed by atoms with Crippen LogP contribution in [-0.2, 0) is 0 Å². The Bertz CT molecular complexity index is 16.0. The van der Waals surface area contributed by atoms with Crippen molar-refractivity contribution in [1.29, 1.82) is 0 Å². The van der Waals surface area contributed by atoms with Crippen molar-refractivity contribution in [3.8, 4) is 0 Å². The van der Waals surface area contributed by atoms with E-state index < -0.39 is 0 Å². The van der Waals surface area contributed by atoms with Crippen molar-refractivity contribution >= 4 is 23.2 Å². The molecule has 0 aromatic heterocycles. The molecule has 0 aliphatic carbocycles. The second-order valence-corrected chi connectivity index (χ2v) is 1.32. The SMILES string of the molecule is CCN.CO.ClCCl. The molecule has 0 spiro atoms. The molecule has 0 heterocycles. The van der Waals surface area contributed by atoms with Gasteiger partial charge in [-0.2, -0.15) is 0 Å². The summed E-state index contributed by atoms with van der Waals surface area (Å²) in [5.41, 5.74) is 4.85. The average molecular weight is 162 g/mol. The number of aliphatic hydroxyl groups excluding tert-OH is 1. The number of hydrogen-bond acceptors (Lipinski definition) is 2. The Morgan fingerprint density at radius 3 is 1.38 bits per heavy atom. The van der Waals surface area contributed by atoms with Crippen LogP contribution >= 0.6 is 23.2 Å². The first-order chi connectivity index (χ1) is 3.83. The van der Waals surface area contributed by atoms with Crippen LogP contribution in [0.25, 0.3) is 0 Å². The second kappa shape index (κ2) is 50.7. The normalized spacial score (nSPS) is 5.25. The summed E-state index contributed by atoms with van der Waals surface area (Å²) in [4.78, 5) is 0. The molecule has 0 rings (SSSR count). The zero-order valence-electron chi connectivity index (χ0n) is 5.19. The molecule has 0 atom stereocenters. The van der Waals surface area contributed by atoms with E-state index in [-0.39, 0.29) is 5.34 Å². The van der Waals surface area contributed by atoms with Crippen LogP contribution in [0.5, 0.6) is 0 Å². The van der Waals surface area contributed by atoms with Crippen molar-refractivity contribution < 1.29 is 5.11 Å². The van der Waals surface area contributed by atoms with Crippen molar-refractivity contribution in [1.82, 2.24) is 0 Å². The lowest BCUT2D eigenvalue weighted by molar-refractivity contribution is 0.399. The molecule has 0 saturated carbocycles. The summed E-state index contributed by atoms with van der Waals surface area (Å²) in [5.74, 6) is 0. The molecule has 0 amide bonds. The van der Waals surface area contributed by atoms with Gasteiger partial charge < -0.3 is 10.8 Å². The fourth-order valence-electron chi connectivity index (χ4n) is 0. The third-order valence-corrected chi connectivity index (χ3v) is 0. The largest absolute Gasteiger partial charge is 0.400 e. The first kappa shape index (κ1) is 15.8. The maximum atomic E-state index is 7.00. The lowest BCUT2D eigenvalue weighted by Gasteiger charge is -1.53. The number of nitrogens with two attached hydrogens (primary N) is 1. The van der Waals surface area contributed by atoms with Gasteiger partial charge in [-0.15, -0.1) is 23.2 Å². The summed E-state index contributed by atoms with van der Waals surface area (Å²) in [7, 11) is 1.00. The molecular formula is C4H13Cl2NO. The number of aliphatic hydroxyl groups is 1. The van der Waals surface area contributed by atoms with Gasteiger partial charge >= 0.3 is 0 Å². The highest BCUT2D eigenvalue weighted by molar-refractivity contribution is 6.40. The number of halogens is 2. The molecule has 54 valence electrons. The first-order valence-corrected chi connectivity index (χ1v) is 3.17. The second-order valence-electron chi connectivity index (χ2n) is 0.509. The number of rotatable bonds is 0. The fraction of sp³-hybridized carbons (Fsp3) is 1.00. The summed E-state index contributed by atoms with van der Waals surface area (Å²) in [6.07, 6.45) is 0. The summed E-state index contributed by atoms with van der Waals surface area (Å²) in [6.45, 7) is 2.65. The van der Waals surface area contributed by atoms with Crippen LogP contribution < -0.4 is 5.73 Å². The molecule has 0 unspecified atom stereocenters. The molecular weight excluding hydrogens is 149 g/mol. The van der Waals surface area contributed by atoms with E-state index in [2.05, 4.69) is 0 Å². The van der Waals surface area contributed by atoms with E-state index in [1.165, 1.54) is 0 Å². The summed E-state index contributed by atoms with van der Waals surface area (Å²) in [5, 5.41) is 7.19. The zero-order valence-corrected chi connectivity index (χ0v) is 6.71. The highest BCUT2D eigenvalue weighted by Gasteiger charge is 1.41. The Hall–Kier alpha value is 0.500. The van der Waals surface area contributed by atoms with Crippen molar-refractivity contribution in [2.45, 2.75) is 6.92 Å². The molecule has 0 radical (unpaired) electrons. The maximum absolute atomic E-state index is 7.00. The zero-order chi connectivity index (χ0) is 7.41. The molecule has 0 saturated heterocycles. The third-order valence-electron chi connectivity index (χ3n) is 0. The molecule has 4 heteroatoms. The van der Waals surface area contributed by atoms with Gasteiger partial charge in [-0.3, -0.25) is 0 Å². The average Bonchev–Trinajstić information content (AvgIpc) is 1.75. The highest BCUT2D eigenvalue weighted by Crippen LogP contribution is 1.73. The molecule has 3 N–H and O–H groups in total. The van der Waals surface area contributed by atoms with E-state index in [1.54, 1.807) is 0 Å². The van der Waals surface area contributed by atoms with Gasteiger partial charge in [0, 0.05) is 7.11 Å². The molecule has 8 heavy (non-hydrogen) atoms. The summed E-state index contributed by atoms with van der Waals surface area (Å²) >= 11 is 9.53. The quantitative estimate of drug-likeness (QED) is 0.522. The van der Waals surface area contributed by atoms with Gasteiger partial charge in [0.1, 0.15) is 0 Å². The predicted octanol–water partition coefficient (Wildman–Crippen LogP) is 0.995. The molecule has 2 nitrogen and oxygen atoms in total. The van der Waals surface area contributed by atoms with Gasteiger partial charge in [-0.1, -0.05) is 6.92 Å². The van der Waals surface area contributed by atoms with E-state index >= 15 is 0 Å². The Kier molecular flexibility index (Phi) is 100. The van der Waals surface area contributed by atoms with Gasteiger partial charge in [0.25, 0.3) is 0 Å². The van der Waals surface area contributed by atoms with Gasteiger partial charge in [-0.05, 0) is 6.54 Å². The van der Waals surface area contributed by atoms with E-state index in [0.29, 0.717) is 0 Å². The molecule has 0 aliphatic heterocycles. The molecule has 0 aromatic carbocycles. The Morgan fingerprint density at radius 2 is 1.38 bits per heavy atom. The van der Waals surface area contributed by atoms with Crippen LogP contribution in [0, 0.1) is 0 Å². The number of alkyl halides is 2. The van der Waals surface area contributed by atoms with Gasteiger partial charge in [0.2, 0.25) is 0 Å².